The molecule has 34 heavy (non-hydrogen) atoms. The number of thiophene rings is 1. The van der Waals surface area contributed by atoms with Crippen molar-refractivity contribution in [3.8, 4) is 0 Å². The number of piperidine rings is 1. The molecule has 0 unspecified atom stereocenters. The third-order valence-corrected chi connectivity index (χ3v) is 7.65. The molecule has 0 saturated carbocycles. The molecular formula is C26H37N5O2S. The summed E-state index contributed by atoms with van der Waals surface area (Å²) in [6.07, 6.45) is 2.24. The van der Waals surface area contributed by atoms with Crippen molar-refractivity contribution in [2.45, 2.75) is 25.3 Å². The van der Waals surface area contributed by atoms with Crippen molar-refractivity contribution < 1.29 is 9.59 Å². The second-order valence-electron chi connectivity index (χ2n) is 9.54. The highest BCUT2D eigenvalue weighted by molar-refractivity contribution is 7.10. The van der Waals surface area contributed by atoms with Gasteiger partial charge in [0.2, 0.25) is 5.91 Å². The van der Waals surface area contributed by atoms with E-state index in [9.17, 15) is 9.59 Å². The molecule has 0 bridgehead atoms. The first-order valence-electron chi connectivity index (χ1n) is 12.3. The van der Waals surface area contributed by atoms with E-state index >= 15 is 0 Å². The molecule has 0 spiro atoms. The first-order valence-corrected chi connectivity index (χ1v) is 13.2. The number of nitrogens with zero attached hydrogens (tertiary/aromatic N) is 4. The topological polar surface area (TPSA) is 59.1 Å². The van der Waals surface area contributed by atoms with Crippen LogP contribution in [0.25, 0.3) is 0 Å². The Morgan fingerprint density at radius 1 is 1.00 bits per heavy atom. The molecule has 3 heterocycles. The fourth-order valence-electron chi connectivity index (χ4n) is 4.73. The maximum atomic E-state index is 13.4. The number of carbonyl (C=O) groups excluding carboxylic acids is 2. The Morgan fingerprint density at radius 3 is 2.41 bits per heavy atom. The molecule has 4 rings (SSSR count). The summed E-state index contributed by atoms with van der Waals surface area (Å²) < 4.78 is 0. The van der Waals surface area contributed by atoms with Crippen molar-refractivity contribution in [3.63, 3.8) is 0 Å². The Hall–Kier alpha value is -2.42. The lowest BCUT2D eigenvalue weighted by Gasteiger charge is -2.37. The van der Waals surface area contributed by atoms with Crippen LogP contribution in [0, 0.1) is 0 Å². The van der Waals surface area contributed by atoms with Gasteiger partial charge in [-0.2, -0.15) is 0 Å². The van der Waals surface area contributed by atoms with Crippen LogP contribution in [-0.4, -0.2) is 99.0 Å². The minimum Gasteiger partial charge on any atom is -0.371 e. The van der Waals surface area contributed by atoms with E-state index in [1.54, 1.807) is 11.3 Å². The summed E-state index contributed by atoms with van der Waals surface area (Å²) in [6.45, 7) is 7.18. The van der Waals surface area contributed by atoms with Gasteiger partial charge in [-0.3, -0.25) is 14.5 Å². The first-order chi connectivity index (χ1) is 16.5. The van der Waals surface area contributed by atoms with Crippen LogP contribution >= 0.6 is 11.3 Å². The van der Waals surface area contributed by atoms with Gasteiger partial charge < -0.3 is 20.0 Å². The second kappa shape index (κ2) is 11.8. The van der Waals surface area contributed by atoms with Crippen LogP contribution in [0.4, 0.5) is 5.69 Å². The van der Waals surface area contributed by atoms with Gasteiger partial charge in [-0.25, -0.2) is 0 Å². The zero-order valence-corrected chi connectivity index (χ0v) is 21.2. The van der Waals surface area contributed by atoms with Crippen molar-refractivity contribution in [3.05, 3.63) is 52.2 Å². The largest absolute Gasteiger partial charge is 0.371 e. The van der Waals surface area contributed by atoms with Crippen LogP contribution < -0.4 is 10.2 Å². The maximum Gasteiger partial charge on any atom is 0.256 e. The summed E-state index contributed by atoms with van der Waals surface area (Å²) in [5, 5.41) is 5.20. The minimum atomic E-state index is 0.0983. The Bertz CT molecular complexity index is 932. The molecule has 0 aliphatic carbocycles. The van der Waals surface area contributed by atoms with Gasteiger partial charge in [-0.15, -0.1) is 11.3 Å². The molecule has 2 aliphatic rings. The van der Waals surface area contributed by atoms with Gasteiger partial charge >= 0.3 is 0 Å². The van der Waals surface area contributed by atoms with E-state index in [0.29, 0.717) is 6.42 Å². The average Bonchev–Trinajstić information content (AvgIpc) is 3.36. The number of anilines is 1. The molecular weight excluding hydrogens is 446 g/mol. The number of rotatable bonds is 8. The molecule has 184 valence electrons. The van der Waals surface area contributed by atoms with E-state index in [-0.39, 0.29) is 17.9 Å². The van der Waals surface area contributed by atoms with E-state index in [1.807, 2.05) is 40.6 Å². The lowest BCUT2D eigenvalue weighted by atomic mass is 10.0. The Labute approximate surface area is 207 Å². The molecule has 0 atom stereocenters. The Balaban J connectivity index is 1.30. The fourth-order valence-corrected chi connectivity index (χ4v) is 5.43. The number of hydrogen-bond donors (Lipinski definition) is 1. The third-order valence-electron chi connectivity index (χ3n) is 6.77. The summed E-state index contributed by atoms with van der Waals surface area (Å²) >= 11 is 1.62. The number of nitrogens with one attached hydrogen (secondary N) is 1. The number of piperazine rings is 1. The number of hydrogen-bond acceptors (Lipinski definition) is 6. The third kappa shape index (κ3) is 6.58. The van der Waals surface area contributed by atoms with Crippen molar-refractivity contribution in [2.24, 2.45) is 0 Å². The van der Waals surface area contributed by atoms with Crippen LogP contribution in [0.15, 0.2) is 41.8 Å². The predicted octanol–water partition coefficient (Wildman–Crippen LogP) is 2.40. The minimum absolute atomic E-state index is 0.0983. The second-order valence-corrected chi connectivity index (χ2v) is 10.6. The standard InChI is InChI=1S/C26H37N5O2S/c1-28(2)13-14-29-15-17-31(18-16-29)26(33)23-7-3-4-8-24(23)30-11-9-21(10-12-30)27-25(32)20-22-6-5-19-34-22/h3-8,19,21H,9-18,20H2,1-2H3,(H,27,32). The van der Waals surface area contributed by atoms with Gasteiger partial charge in [0.05, 0.1) is 12.0 Å². The van der Waals surface area contributed by atoms with Gasteiger partial charge in [0.25, 0.3) is 5.91 Å². The molecule has 1 aromatic carbocycles. The summed E-state index contributed by atoms with van der Waals surface area (Å²) in [7, 11) is 4.19. The zero-order chi connectivity index (χ0) is 23.9. The molecule has 1 aromatic heterocycles. The SMILES string of the molecule is CN(C)CCN1CCN(C(=O)c2ccccc2N2CCC(NC(=O)Cc3cccs3)CC2)CC1. The van der Waals surface area contributed by atoms with Crippen LogP contribution in [-0.2, 0) is 11.2 Å². The van der Waals surface area contributed by atoms with Gasteiger partial charge in [0, 0.05) is 69.0 Å². The quantitative estimate of drug-likeness (QED) is 0.625. The lowest BCUT2D eigenvalue weighted by Crippen LogP contribution is -2.50. The van der Waals surface area contributed by atoms with E-state index in [2.05, 4.69) is 40.2 Å². The maximum absolute atomic E-state index is 13.4. The molecule has 1 N–H and O–H groups in total. The predicted molar refractivity (Wildman–Crippen MR) is 139 cm³/mol. The van der Waals surface area contributed by atoms with Gasteiger partial charge in [-0.1, -0.05) is 18.2 Å². The molecule has 2 aromatic rings. The van der Waals surface area contributed by atoms with Crippen molar-refractivity contribution in [1.82, 2.24) is 20.0 Å². The van der Waals surface area contributed by atoms with Crippen molar-refractivity contribution >= 4 is 28.8 Å². The van der Waals surface area contributed by atoms with Crippen LogP contribution in [0.3, 0.4) is 0 Å². The van der Waals surface area contributed by atoms with Crippen LogP contribution in [0.5, 0.6) is 0 Å². The zero-order valence-electron chi connectivity index (χ0n) is 20.4. The normalized spacial score (nSPS) is 17.9. The van der Waals surface area contributed by atoms with Gasteiger partial charge in [0.15, 0.2) is 0 Å². The molecule has 2 fully saturated rings. The van der Waals surface area contributed by atoms with E-state index in [1.165, 1.54) is 0 Å². The van der Waals surface area contributed by atoms with E-state index in [4.69, 9.17) is 0 Å². The van der Waals surface area contributed by atoms with Crippen LogP contribution in [0.1, 0.15) is 28.1 Å². The van der Waals surface area contributed by atoms with Gasteiger partial charge in [-0.05, 0) is 50.5 Å². The summed E-state index contributed by atoms with van der Waals surface area (Å²) in [4.78, 5) is 35.8. The van der Waals surface area contributed by atoms with E-state index in [0.717, 1.165) is 81.3 Å². The molecule has 2 aliphatic heterocycles. The molecule has 0 radical (unpaired) electrons. The number of amides is 2. The van der Waals surface area contributed by atoms with E-state index < -0.39 is 0 Å². The number of para-hydroxylation sites is 1. The van der Waals surface area contributed by atoms with Crippen molar-refractivity contribution in [2.75, 3.05) is 71.4 Å². The summed E-state index contributed by atoms with van der Waals surface area (Å²) in [6, 6.07) is 12.2. The first kappa shape index (κ1) is 24.7. The van der Waals surface area contributed by atoms with Crippen molar-refractivity contribution in [1.29, 1.82) is 0 Å². The smallest absolute Gasteiger partial charge is 0.256 e. The summed E-state index contributed by atoms with van der Waals surface area (Å²) in [5.74, 6) is 0.232. The highest BCUT2D eigenvalue weighted by atomic mass is 32.1. The number of benzene rings is 1. The average molecular weight is 484 g/mol. The van der Waals surface area contributed by atoms with Crippen LogP contribution in [0.2, 0.25) is 0 Å². The molecule has 2 amide bonds. The highest BCUT2D eigenvalue weighted by Crippen LogP contribution is 2.26. The molecule has 8 heteroatoms. The molecule has 2 saturated heterocycles. The fraction of sp³-hybridized carbons (Fsp3) is 0.538. The van der Waals surface area contributed by atoms with Gasteiger partial charge in [0.1, 0.15) is 0 Å². The molecule has 7 nitrogen and oxygen atoms in total. The monoisotopic (exact) mass is 483 g/mol. The number of likely N-dealkylation sites (N-methyl/N-ethyl adjacent to an activating group) is 1. The summed E-state index contributed by atoms with van der Waals surface area (Å²) in [5.41, 5.74) is 1.82. The highest BCUT2D eigenvalue weighted by Gasteiger charge is 2.27. The lowest BCUT2D eigenvalue weighted by molar-refractivity contribution is -0.121. The Kier molecular flexibility index (Phi) is 8.59. The number of carbonyl (C=O) groups is 2. The Morgan fingerprint density at radius 2 is 1.74 bits per heavy atom.